The van der Waals surface area contributed by atoms with Gasteiger partial charge in [0.25, 0.3) is 0 Å². The molecule has 0 fully saturated rings. The summed E-state index contributed by atoms with van der Waals surface area (Å²) >= 11 is 5.73. The lowest BCUT2D eigenvalue weighted by atomic mass is 10.2. The van der Waals surface area contributed by atoms with E-state index in [4.69, 9.17) is 16.3 Å². The monoisotopic (exact) mass is 282 g/mol. The second-order valence-electron chi connectivity index (χ2n) is 3.83. The number of benzene rings is 2. The van der Waals surface area contributed by atoms with Crippen molar-refractivity contribution in [3.05, 3.63) is 64.4 Å². The van der Waals surface area contributed by atoms with E-state index in [1.807, 2.05) is 0 Å². The Balaban J connectivity index is 2.07. The van der Waals surface area contributed by atoms with Crippen LogP contribution in [0.15, 0.2) is 42.5 Å². The maximum Gasteiger partial charge on any atom is 0.332 e. The number of hydrogen-bond donors (Lipinski definition) is 0. The second kappa shape index (κ2) is 5.80. The molecule has 0 atom stereocenters. The Morgan fingerprint density at radius 1 is 1.16 bits per heavy atom. The van der Waals surface area contributed by atoms with Gasteiger partial charge in [0.05, 0.1) is 5.56 Å². The molecule has 0 aliphatic rings. The van der Waals surface area contributed by atoms with Gasteiger partial charge in [-0.25, -0.2) is 4.39 Å². The summed E-state index contributed by atoms with van der Waals surface area (Å²) in [5, 5.41) is 0.598. The van der Waals surface area contributed by atoms with Crippen LogP contribution in [0.2, 0.25) is 5.02 Å². The highest BCUT2D eigenvalue weighted by atomic mass is 35.5. The minimum absolute atomic E-state index is 0.0417. The first kappa shape index (κ1) is 13.5. The molecule has 0 heterocycles. The highest BCUT2D eigenvalue weighted by Crippen LogP contribution is 2.20. The predicted octanol–water partition coefficient (Wildman–Crippen LogP) is 4.17. The third kappa shape index (κ3) is 3.51. The van der Waals surface area contributed by atoms with Gasteiger partial charge >= 0.3 is 6.04 Å². The van der Waals surface area contributed by atoms with E-state index in [1.165, 1.54) is 12.1 Å². The summed E-state index contributed by atoms with van der Waals surface area (Å²) in [5.41, 5.74) is 0.478. The van der Waals surface area contributed by atoms with Gasteiger partial charge in [0.15, 0.2) is 11.6 Å². The molecule has 0 aliphatic heterocycles. The summed E-state index contributed by atoms with van der Waals surface area (Å²) in [6, 6.07) is 8.41. The maximum absolute atomic E-state index is 13.5. The molecule has 2 aromatic rings. The fourth-order valence-corrected chi connectivity index (χ4v) is 1.61. The molecule has 0 aliphatic carbocycles. The van der Waals surface area contributed by atoms with Crippen molar-refractivity contribution in [2.24, 2.45) is 0 Å². The molecular weight excluding hydrogens is 274 g/mol. The molecule has 0 saturated carbocycles. The highest BCUT2D eigenvalue weighted by molar-refractivity contribution is 6.30. The summed E-state index contributed by atoms with van der Waals surface area (Å²) < 4.78 is 31.1. The molecule has 5 heteroatoms. The summed E-state index contributed by atoms with van der Waals surface area (Å²) in [6.45, 7) is 0.150. The second-order valence-corrected chi connectivity index (χ2v) is 4.27. The van der Waals surface area contributed by atoms with Gasteiger partial charge in [-0.2, -0.15) is 4.39 Å². The maximum atomic E-state index is 13.5. The van der Waals surface area contributed by atoms with Crippen LogP contribution < -0.4 is 4.74 Å². The Morgan fingerprint density at radius 3 is 2.42 bits per heavy atom. The molecule has 0 aromatic heterocycles. The summed E-state index contributed by atoms with van der Waals surface area (Å²) in [7, 11) is 0. The molecule has 2 rings (SSSR count). The van der Waals surface area contributed by atoms with Gasteiger partial charge in [0.1, 0.15) is 6.61 Å². The van der Waals surface area contributed by atoms with Crippen LogP contribution in [0.1, 0.15) is 15.9 Å². The van der Waals surface area contributed by atoms with E-state index in [1.54, 1.807) is 24.3 Å². The van der Waals surface area contributed by atoms with Crippen LogP contribution in [0.4, 0.5) is 8.78 Å². The van der Waals surface area contributed by atoms with E-state index in [0.717, 1.165) is 11.6 Å². The lowest BCUT2D eigenvalue weighted by Crippen LogP contribution is -1.99. The Bertz CT molecular complexity index is 597. The first-order valence-electron chi connectivity index (χ1n) is 5.43. The van der Waals surface area contributed by atoms with E-state index in [-0.39, 0.29) is 17.9 Å². The third-order valence-electron chi connectivity index (χ3n) is 2.47. The van der Waals surface area contributed by atoms with Crippen LogP contribution in [0.3, 0.4) is 0 Å². The van der Waals surface area contributed by atoms with Crippen LogP contribution in [0, 0.1) is 5.82 Å². The molecule has 0 N–H and O–H groups in total. The van der Waals surface area contributed by atoms with Crippen molar-refractivity contribution in [3.63, 3.8) is 0 Å². The zero-order valence-corrected chi connectivity index (χ0v) is 10.5. The van der Waals surface area contributed by atoms with Crippen molar-refractivity contribution in [2.45, 2.75) is 6.61 Å². The number of halogens is 3. The van der Waals surface area contributed by atoms with Crippen LogP contribution in [-0.4, -0.2) is 6.04 Å². The van der Waals surface area contributed by atoms with Crippen LogP contribution >= 0.6 is 11.6 Å². The molecular formula is C14H9ClF2O2. The number of carbonyl (C=O) groups is 1. The first-order chi connectivity index (χ1) is 9.06. The van der Waals surface area contributed by atoms with E-state index in [0.29, 0.717) is 5.02 Å². The lowest BCUT2D eigenvalue weighted by Gasteiger charge is -2.07. The zero-order chi connectivity index (χ0) is 13.8. The molecule has 0 saturated heterocycles. The Kier molecular flexibility index (Phi) is 4.12. The van der Waals surface area contributed by atoms with Crippen LogP contribution in [0.25, 0.3) is 0 Å². The average molecular weight is 283 g/mol. The molecule has 2 nitrogen and oxygen atoms in total. The zero-order valence-electron chi connectivity index (χ0n) is 9.70. The van der Waals surface area contributed by atoms with Crippen molar-refractivity contribution in [2.75, 3.05) is 0 Å². The van der Waals surface area contributed by atoms with Crippen molar-refractivity contribution in [1.29, 1.82) is 0 Å². The quantitative estimate of drug-likeness (QED) is 0.787. The average Bonchev–Trinajstić information content (AvgIpc) is 2.39. The van der Waals surface area contributed by atoms with Crippen molar-refractivity contribution < 1.29 is 18.3 Å². The first-order valence-corrected chi connectivity index (χ1v) is 5.80. The number of rotatable bonds is 4. The Morgan fingerprint density at radius 2 is 1.84 bits per heavy atom. The fourth-order valence-electron chi connectivity index (χ4n) is 1.48. The summed E-state index contributed by atoms with van der Waals surface area (Å²) in [6.07, 6.45) is 0. The number of carbonyl (C=O) groups excluding carboxylic acids is 1. The van der Waals surface area contributed by atoms with Gasteiger partial charge in [-0.1, -0.05) is 23.7 Å². The summed E-state index contributed by atoms with van der Waals surface area (Å²) in [5.74, 6) is -0.822. The summed E-state index contributed by atoms with van der Waals surface area (Å²) in [4.78, 5) is 10.4. The van der Waals surface area contributed by atoms with Crippen LogP contribution in [-0.2, 0) is 6.61 Å². The molecule has 0 radical (unpaired) electrons. The minimum atomic E-state index is -1.68. The molecule has 0 bridgehead atoms. The van der Waals surface area contributed by atoms with Crippen molar-refractivity contribution in [1.82, 2.24) is 0 Å². The Hall–Kier alpha value is -1.94. The molecule has 98 valence electrons. The van der Waals surface area contributed by atoms with Crippen LogP contribution in [0.5, 0.6) is 5.75 Å². The lowest BCUT2D eigenvalue weighted by molar-refractivity contribution is 0.0835. The van der Waals surface area contributed by atoms with Gasteiger partial charge < -0.3 is 4.74 Å². The van der Waals surface area contributed by atoms with Crippen molar-refractivity contribution >= 4 is 17.6 Å². The van der Waals surface area contributed by atoms with Gasteiger partial charge in [0, 0.05) is 5.02 Å². The molecule has 2 aromatic carbocycles. The highest BCUT2D eigenvalue weighted by Gasteiger charge is 2.09. The normalized spacial score (nSPS) is 10.3. The van der Waals surface area contributed by atoms with Gasteiger partial charge in [0.2, 0.25) is 0 Å². The molecule has 0 amide bonds. The van der Waals surface area contributed by atoms with Gasteiger partial charge in [-0.05, 0) is 35.9 Å². The smallest absolute Gasteiger partial charge is 0.332 e. The third-order valence-corrected chi connectivity index (χ3v) is 2.72. The van der Waals surface area contributed by atoms with Gasteiger partial charge in [-0.15, -0.1) is 0 Å². The van der Waals surface area contributed by atoms with Gasteiger partial charge in [-0.3, -0.25) is 4.79 Å². The number of ether oxygens (including phenoxy) is 1. The topological polar surface area (TPSA) is 26.3 Å². The molecule has 0 spiro atoms. The molecule has 0 unspecified atom stereocenters. The van der Waals surface area contributed by atoms with E-state index in [9.17, 15) is 13.6 Å². The Labute approximate surface area is 113 Å². The minimum Gasteiger partial charge on any atom is -0.486 e. The fraction of sp³-hybridized carbons (Fsp3) is 0.0714. The largest absolute Gasteiger partial charge is 0.486 e. The van der Waals surface area contributed by atoms with E-state index in [2.05, 4.69) is 0 Å². The van der Waals surface area contributed by atoms with E-state index >= 15 is 0 Å². The molecule has 19 heavy (non-hydrogen) atoms. The SMILES string of the molecule is O=C(F)c1ccc(OCc2ccc(Cl)cc2)c(F)c1. The number of hydrogen-bond acceptors (Lipinski definition) is 2. The predicted molar refractivity (Wildman–Crippen MR) is 67.6 cm³/mol. The van der Waals surface area contributed by atoms with E-state index < -0.39 is 11.9 Å². The standard InChI is InChI=1S/C14H9ClF2O2/c15-11-4-1-9(2-5-11)8-19-13-6-3-10(14(17)18)7-12(13)16/h1-7H,8H2. The van der Waals surface area contributed by atoms with Crippen molar-refractivity contribution in [3.8, 4) is 5.75 Å².